The first-order valence-corrected chi connectivity index (χ1v) is 13.2. The number of amides is 1. The zero-order valence-corrected chi connectivity index (χ0v) is 20.2. The van der Waals surface area contributed by atoms with Crippen LogP contribution in [0.5, 0.6) is 0 Å². The van der Waals surface area contributed by atoms with Crippen LogP contribution < -0.4 is 4.90 Å². The SMILES string of the molecule is Cc1ccc(S(=O)(=O)CCCC(=O)N(Cc2ccncc2)c2nc3c(C)cccc3s2)cc1. The molecule has 2 aromatic heterocycles. The Morgan fingerprint density at radius 2 is 1.73 bits per heavy atom. The number of thiazole rings is 1. The van der Waals surface area contributed by atoms with E-state index in [9.17, 15) is 13.2 Å². The Morgan fingerprint density at radius 1 is 1.00 bits per heavy atom. The smallest absolute Gasteiger partial charge is 0.229 e. The molecule has 2 heterocycles. The van der Waals surface area contributed by atoms with Crippen LogP contribution in [0, 0.1) is 13.8 Å². The first-order chi connectivity index (χ1) is 15.8. The molecule has 0 fully saturated rings. The molecule has 0 spiro atoms. The fourth-order valence-corrected chi connectivity index (χ4v) is 5.91. The number of nitrogens with zero attached hydrogens (tertiary/aromatic N) is 3. The van der Waals surface area contributed by atoms with Gasteiger partial charge < -0.3 is 0 Å². The third kappa shape index (κ3) is 5.46. The van der Waals surface area contributed by atoms with E-state index in [1.807, 2.05) is 44.2 Å². The molecular formula is C25H25N3O3S2. The van der Waals surface area contributed by atoms with Gasteiger partial charge in [0.2, 0.25) is 5.91 Å². The summed E-state index contributed by atoms with van der Waals surface area (Å²) in [4.78, 5) is 24.0. The molecule has 0 aliphatic rings. The number of carbonyl (C=O) groups is 1. The quantitative estimate of drug-likeness (QED) is 0.351. The molecule has 4 aromatic rings. The van der Waals surface area contributed by atoms with Gasteiger partial charge in [0.15, 0.2) is 15.0 Å². The number of rotatable bonds is 8. The molecule has 0 unspecified atom stereocenters. The summed E-state index contributed by atoms with van der Waals surface area (Å²) in [5, 5.41) is 0.613. The fraction of sp³-hybridized carbons (Fsp3) is 0.240. The Labute approximate surface area is 197 Å². The molecule has 0 saturated carbocycles. The molecule has 0 N–H and O–H groups in total. The number of anilines is 1. The van der Waals surface area contributed by atoms with Crippen molar-refractivity contribution in [1.29, 1.82) is 0 Å². The van der Waals surface area contributed by atoms with Crippen molar-refractivity contribution in [2.24, 2.45) is 0 Å². The lowest BCUT2D eigenvalue weighted by molar-refractivity contribution is -0.118. The van der Waals surface area contributed by atoms with E-state index in [-0.39, 0.29) is 29.4 Å². The lowest BCUT2D eigenvalue weighted by Crippen LogP contribution is -2.30. The first kappa shape index (κ1) is 23.1. The highest BCUT2D eigenvalue weighted by molar-refractivity contribution is 7.91. The van der Waals surface area contributed by atoms with Crippen molar-refractivity contribution in [2.75, 3.05) is 10.7 Å². The minimum atomic E-state index is -3.44. The number of hydrogen-bond acceptors (Lipinski definition) is 6. The molecule has 0 aliphatic carbocycles. The lowest BCUT2D eigenvalue weighted by Gasteiger charge is -2.20. The Morgan fingerprint density at radius 3 is 2.42 bits per heavy atom. The maximum Gasteiger partial charge on any atom is 0.229 e. The minimum Gasteiger partial charge on any atom is -0.284 e. The van der Waals surface area contributed by atoms with E-state index < -0.39 is 9.84 Å². The standard InChI is InChI=1S/C25H25N3O3S2/c1-18-8-10-21(11-9-18)33(30,31)16-4-7-23(29)28(17-20-12-14-26-15-13-20)25-27-24-19(2)5-3-6-22(24)32-25/h3,5-6,8-15H,4,7,16-17H2,1-2H3. The van der Waals surface area contributed by atoms with Crippen LogP contribution in [0.3, 0.4) is 0 Å². The van der Waals surface area contributed by atoms with Gasteiger partial charge in [-0.3, -0.25) is 14.7 Å². The van der Waals surface area contributed by atoms with Crippen LogP contribution in [0.4, 0.5) is 5.13 Å². The Kier molecular flexibility index (Phi) is 6.85. The van der Waals surface area contributed by atoms with E-state index >= 15 is 0 Å². The zero-order chi connectivity index (χ0) is 23.4. The van der Waals surface area contributed by atoms with Gasteiger partial charge in [0.1, 0.15) is 0 Å². The summed E-state index contributed by atoms with van der Waals surface area (Å²) in [5.74, 6) is -0.230. The topological polar surface area (TPSA) is 80.2 Å². The van der Waals surface area contributed by atoms with E-state index in [1.54, 1.807) is 41.6 Å². The molecule has 1 amide bonds. The van der Waals surface area contributed by atoms with Gasteiger partial charge in [0.05, 0.1) is 27.4 Å². The van der Waals surface area contributed by atoms with E-state index in [0.717, 1.165) is 26.9 Å². The number of fused-ring (bicyclic) bond motifs is 1. The van der Waals surface area contributed by atoms with Gasteiger partial charge in [0.25, 0.3) is 0 Å². The average molecular weight is 480 g/mol. The largest absolute Gasteiger partial charge is 0.284 e. The first-order valence-electron chi connectivity index (χ1n) is 10.7. The fourth-order valence-electron chi connectivity index (χ4n) is 3.54. The molecule has 6 nitrogen and oxygen atoms in total. The third-order valence-corrected chi connectivity index (χ3v) is 8.28. The second kappa shape index (κ2) is 9.80. The number of carbonyl (C=O) groups excluding carboxylic acids is 1. The molecule has 4 rings (SSSR count). The highest BCUT2D eigenvalue weighted by Crippen LogP contribution is 2.32. The number of para-hydroxylation sites is 1. The van der Waals surface area contributed by atoms with Crippen LogP contribution in [-0.4, -0.2) is 30.0 Å². The molecular weight excluding hydrogens is 454 g/mol. The van der Waals surface area contributed by atoms with Crippen LogP contribution in [0.2, 0.25) is 0 Å². The van der Waals surface area contributed by atoms with Crippen molar-refractivity contribution in [2.45, 2.75) is 38.1 Å². The van der Waals surface area contributed by atoms with Gasteiger partial charge in [-0.2, -0.15) is 0 Å². The number of aryl methyl sites for hydroxylation is 2. The summed E-state index contributed by atoms with van der Waals surface area (Å²) >= 11 is 1.46. The predicted molar refractivity (Wildman–Crippen MR) is 132 cm³/mol. The van der Waals surface area contributed by atoms with Crippen molar-refractivity contribution in [1.82, 2.24) is 9.97 Å². The van der Waals surface area contributed by atoms with Gasteiger partial charge in [-0.25, -0.2) is 13.4 Å². The number of aromatic nitrogens is 2. The van der Waals surface area contributed by atoms with E-state index in [2.05, 4.69) is 4.98 Å². The van der Waals surface area contributed by atoms with Crippen LogP contribution in [0.25, 0.3) is 10.2 Å². The molecule has 0 bridgehead atoms. The van der Waals surface area contributed by atoms with Crippen molar-refractivity contribution in [3.8, 4) is 0 Å². The summed E-state index contributed by atoms with van der Waals surface area (Å²) in [7, 11) is -3.44. The molecule has 170 valence electrons. The van der Waals surface area contributed by atoms with Crippen LogP contribution in [0.1, 0.15) is 29.5 Å². The van der Waals surface area contributed by atoms with Gasteiger partial charge in [-0.15, -0.1) is 0 Å². The maximum absolute atomic E-state index is 13.3. The van der Waals surface area contributed by atoms with Crippen LogP contribution >= 0.6 is 11.3 Å². The number of hydrogen-bond donors (Lipinski definition) is 0. The number of sulfone groups is 1. The summed E-state index contributed by atoms with van der Waals surface area (Å²) in [6.07, 6.45) is 3.74. The van der Waals surface area contributed by atoms with Crippen LogP contribution in [-0.2, 0) is 21.2 Å². The van der Waals surface area contributed by atoms with Crippen LogP contribution in [0.15, 0.2) is 71.9 Å². The molecule has 33 heavy (non-hydrogen) atoms. The maximum atomic E-state index is 13.3. The monoisotopic (exact) mass is 479 g/mol. The third-order valence-electron chi connectivity index (χ3n) is 5.42. The Balaban J connectivity index is 1.53. The van der Waals surface area contributed by atoms with E-state index in [4.69, 9.17) is 4.98 Å². The predicted octanol–water partition coefficient (Wildman–Crippen LogP) is 5.10. The number of pyridine rings is 1. The van der Waals surface area contributed by atoms with Crippen molar-refractivity contribution in [3.05, 3.63) is 83.7 Å². The number of benzene rings is 2. The summed E-state index contributed by atoms with van der Waals surface area (Å²) in [6.45, 7) is 4.26. The van der Waals surface area contributed by atoms with Gasteiger partial charge in [-0.1, -0.05) is 41.2 Å². The zero-order valence-electron chi connectivity index (χ0n) is 18.6. The van der Waals surface area contributed by atoms with Gasteiger partial charge in [0, 0.05) is 18.8 Å². The second-order valence-corrected chi connectivity index (χ2v) is 11.1. The molecule has 0 radical (unpaired) electrons. The summed E-state index contributed by atoms with van der Waals surface area (Å²) in [6, 6.07) is 16.5. The lowest BCUT2D eigenvalue weighted by atomic mass is 10.2. The van der Waals surface area contributed by atoms with Gasteiger partial charge >= 0.3 is 0 Å². The van der Waals surface area contributed by atoms with E-state index in [1.165, 1.54) is 11.3 Å². The summed E-state index contributed by atoms with van der Waals surface area (Å²) < 4.78 is 26.4. The molecule has 2 aromatic carbocycles. The van der Waals surface area contributed by atoms with Crippen molar-refractivity contribution >= 4 is 42.4 Å². The van der Waals surface area contributed by atoms with Crippen molar-refractivity contribution < 1.29 is 13.2 Å². The summed E-state index contributed by atoms with van der Waals surface area (Å²) in [5.41, 5.74) is 3.87. The molecule has 0 atom stereocenters. The average Bonchev–Trinajstić information content (AvgIpc) is 3.23. The normalized spacial score (nSPS) is 11.6. The van der Waals surface area contributed by atoms with E-state index in [0.29, 0.717) is 11.7 Å². The highest BCUT2D eigenvalue weighted by atomic mass is 32.2. The van der Waals surface area contributed by atoms with Gasteiger partial charge in [-0.05, 0) is 61.7 Å². The van der Waals surface area contributed by atoms with Crippen molar-refractivity contribution in [3.63, 3.8) is 0 Å². The molecule has 0 aliphatic heterocycles. The second-order valence-electron chi connectivity index (χ2n) is 7.99. The highest BCUT2D eigenvalue weighted by Gasteiger charge is 2.22. The molecule has 8 heteroatoms. The minimum absolute atomic E-state index is 0.0795. The Hall–Kier alpha value is -3.10. The molecule has 0 saturated heterocycles. The Bertz CT molecular complexity index is 1370.